The molecule has 10 heteroatoms. The van der Waals surface area contributed by atoms with E-state index < -0.39 is 0 Å². The molecule has 3 heterocycles. The van der Waals surface area contributed by atoms with E-state index in [2.05, 4.69) is 36.2 Å². The van der Waals surface area contributed by atoms with Crippen molar-refractivity contribution in [3.8, 4) is 17.1 Å². The minimum atomic E-state index is -0.178. The van der Waals surface area contributed by atoms with Crippen LogP contribution in [0.1, 0.15) is 48.5 Å². The van der Waals surface area contributed by atoms with Crippen LogP contribution < -0.4 is 10.6 Å². The van der Waals surface area contributed by atoms with E-state index in [0.29, 0.717) is 29.0 Å². The minimum absolute atomic E-state index is 0.178. The van der Waals surface area contributed by atoms with E-state index in [0.717, 1.165) is 35.1 Å². The first-order valence-corrected chi connectivity index (χ1v) is 12.7. The molecule has 2 aromatic carbocycles. The van der Waals surface area contributed by atoms with Gasteiger partial charge in [-0.05, 0) is 56.6 Å². The van der Waals surface area contributed by atoms with E-state index in [1.165, 1.54) is 19.3 Å². The van der Waals surface area contributed by atoms with Gasteiger partial charge in [0.05, 0.1) is 35.3 Å². The molecule has 6 rings (SSSR count). The first kappa shape index (κ1) is 23.1. The second-order valence-electron chi connectivity index (χ2n) is 9.54. The predicted octanol–water partition coefficient (Wildman–Crippen LogP) is 4.35. The third kappa shape index (κ3) is 4.75. The van der Waals surface area contributed by atoms with Crippen molar-refractivity contribution < 1.29 is 4.79 Å². The highest BCUT2D eigenvalue weighted by Gasteiger charge is 2.21. The summed E-state index contributed by atoms with van der Waals surface area (Å²) in [6.07, 6.45) is 11.3. The molecule has 2 unspecified atom stereocenters. The smallest absolute Gasteiger partial charge is 0.255 e. The number of aromatic amines is 1. The molecule has 3 N–H and O–H groups in total. The van der Waals surface area contributed by atoms with E-state index in [1.54, 1.807) is 23.0 Å². The number of para-hydroxylation sites is 1. The molecule has 3 aromatic heterocycles. The molecule has 0 radical (unpaired) electrons. The fourth-order valence-electron chi connectivity index (χ4n) is 5.07. The van der Waals surface area contributed by atoms with Crippen LogP contribution in [0.25, 0.3) is 28.0 Å². The molecule has 5 aromatic rings. The minimum Gasteiger partial charge on any atom is -0.319 e. The molecule has 37 heavy (non-hydrogen) atoms. The van der Waals surface area contributed by atoms with E-state index in [-0.39, 0.29) is 5.91 Å². The van der Waals surface area contributed by atoms with E-state index >= 15 is 0 Å². The molecule has 188 valence electrons. The van der Waals surface area contributed by atoms with Crippen LogP contribution in [0.3, 0.4) is 0 Å². The van der Waals surface area contributed by atoms with Gasteiger partial charge in [-0.15, -0.1) is 5.10 Å². The maximum Gasteiger partial charge on any atom is 0.255 e. The summed E-state index contributed by atoms with van der Waals surface area (Å²) >= 11 is 0. The number of aromatic nitrogens is 7. The van der Waals surface area contributed by atoms with Crippen molar-refractivity contribution in [2.75, 3.05) is 12.4 Å². The van der Waals surface area contributed by atoms with Crippen molar-refractivity contribution in [3.63, 3.8) is 0 Å². The van der Waals surface area contributed by atoms with Gasteiger partial charge in [0.25, 0.3) is 5.91 Å². The van der Waals surface area contributed by atoms with Gasteiger partial charge in [-0.1, -0.05) is 36.3 Å². The molecule has 1 saturated carbocycles. The summed E-state index contributed by atoms with van der Waals surface area (Å²) < 4.78 is 3.68. The summed E-state index contributed by atoms with van der Waals surface area (Å²) in [5.41, 5.74) is 4.43. The SMILES string of the molecule is CNC1CCCCC(n2cc(NC(=O)c3ccc(-n4cc(-c5n[nH]c6ccccc56)nn4)cc3)cn2)C1. The Kier molecular flexibility index (Phi) is 6.23. The van der Waals surface area contributed by atoms with Gasteiger partial charge in [-0.25, -0.2) is 4.68 Å². The molecule has 10 nitrogen and oxygen atoms in total. The Labute approximate surface area is 214 Å². The van der Waals surface area contributed by atoms with E-state index in [9.17, 15) is 4.79 Å². The van der Waals surface area contributed by atoms with Crippen molar-refractivity contribution in [2.45, 2.75) is 44.2 Å². The van der Waals surface area contributed by atoms with E-state index in [4.69, 9.17) is 0 Å². The zero-order chi connectivity index (χ0) is 25.2. The van der Waals surface area contributed by atoms with Crippen LogP contribution in [-0.2, 0) is 0 Å². The Morgan fingerprint density at radius 2 is 1.89 bits per heavy atom. The van der Waals surface area contributed by atoms with Crippen molar-refractivity contribution in [1.29, 1.82) is 0 Å². The van der Waals surface area contributed by atoms with Gasteiger partial charge in [0.2, 0.25) is 0 Å². The topological polar surface area (TPSA) is 118 Å². The van der Waals surface area contributed by atoms with Crippen LogP contribution in [0, 0.1) is 0 Å². The number of carbonyl (C=O) groups excluding carboxylic acids is 1. The number of nitrogens with one attached hydrogen (secondary N) is 3. The number of carbonyl (C=O) groups is 1. The van der Waals surface area contributed by atoms with E-state index in [1.807, 2.05) is 60.5 Å². The van der Waals surface area contributed by atoms with Gasteiger partial charge in [-0.3, -0.25) is 14.6 Å². The van der Waals surface area contributed by atoms with Gasteiger partial charge in [-0.2, -0.15) is 10.2 Å². The average molecular weight is 496 g/mol. The number of amides is 1. The van der Waals surface area contributed by atoms with Crippen molar-refractivity contribution in [1.82, 2.24) is 40.3 Å². The number of hydrogen-bond acceptors (Lipinski definition) is 6. The van der Waals surface area contributed by atoms with Crippen molar-refractivity contribution in [3.05, 3.63) is 72.7 Å². The quantitative estimate of drug-likeness (QED) is 0.301. The fraction of sp³-hybridized carbons (Fsp3) is 0.296. The Balaban J connectivity index is 1.13. The molecule has 0 aliphatic heterocycles. The molecule has 1 aliphatic carbocycles. The first-order chi connectivity index (χ1) is 18.2. The summed E-state index contributed by atoms with van der Waals surface area (Å²) in [7, 11) is 2.02. The molecule has 1 amide bonds. The summed E-state index contributed by atoms with van der Waals surface area (Å²) in [5, 5.41) is 27.9. The van der Waals surface area contributed by atoms with Crippen LogP contribution >= 0.6 is 0 Å². The maximum absolute atomic E-state index is 12.9. The Bertz CT molecular complexity index is 1510. The molecule has 0 bridgehead atoms. The number of anilines is 1. The zero-order valence-electron chi connectivity index (χ0n) is 20.6. The van der Waals surface area contributed by atoms with Gasteiger partial charge in [0, 0.05) is 23.2 Å². The Hall–Kier alpha value is -4.31. The predicted molar refractivity (Wildman–Crippen MR) is 142 cm³/mol. The second kappa shape index (κ2) is 9.98. The number of benzene rings is 2. The first-order valence-electron chi connectivity index (χ1n) is 12.7. The van der Waals surface area contributed by atoms with Gasteiger partial charge >= 0.3 is 0 Å². The van der Waals surface area contributed by atoms with Crippen LogP contribution in [-0.4, -0.2) is 54.0 Å². The number of rotatable bonds is 6. The highest BCUT2D eigenvalue weighted by atomic mass is 16.1. The van der Waals surface area contributed by atoms with Crippen LogP contribution in [0.4, 0.5) is 5.69 Å². The Morgan fingerprint density at radius 3 is 2.76 bits per heavy atom. The largest absolute Gasteiger partial charge is 0.319 e. The lowest BCUT2D eigenvalue weighted by molar-refractivity contribution is 0.102. The molecule has 1 fully saturated rings. The number of hydrogen-bond donors (Lipinski definition) is 3. The normalized spacial score (nSPS) is 18.1. The molecular formula is C27H29N9O. The standard InChI is InChI=1S/C27H29N9O/c1-28-19-6-2-3-7-22(14-19)35-16-20(15-29-35)30-27(37)18-10-12-21(13-11-18)36-17-25(32-34-36)26-23-8-4-5-9-24(23)31-33-26/h4-5,8-13,15-17,19,22,28H,2-3,6-7,14H2,1H3,(H,30,37)(H,31,33). The molecule has 0 spiro atoms. The monoisotopic (exact) mass is 495 g/mol. The average Bonchev–Trinajstić information content (AvgIpc) is 3.66. The van der Waals surface area contributed by atoms with Crippen molar-refractivity contribution in [2.24, 2.45) is 0 Å². The van der Waals surface area contributed by atoms with Gasteiger partial charge in [0.1, 0.15) is 11.4 Å². The number of H-pyrrole nitrogens is 1. The summed E-state index contributed by atoms with van der Waals surface area (Å²) in [6.45, 7) is 0. The lowest BCUT2D eigenvalue weighted by atomic mass is 10.1. The molecule has 1 aliphatic rings. The fourth-order valence-corrected chi connectivity index (χ4v) is 5.07. The third-order valence-corrected chi connectivity index (χ3v) is 7.14. The third-order valence-electron chi connectivity index (χ3n) is 7.14. The maximum atomic E-state index is 12.9. The lowest BCUT2D eigenvalue weighted by Crippen LogP contribution is -2.27. The summed E-state index contributed by atoms with van der Waals surface area (Å²) in [5.74, 6) is -0.178. The molecular weight excluding hydrogens is 466 g/mol. The zero-order valence-corrected chi connectivity index (χ0v) is 20.6. The van der Waals surface area contributed by atoms with Crippen LogP contribution in [0.15, 0.2) is 67.1 Å². The van der Waals surface area contributed by atoms with Crippen LogP contribution in [0.5, 0.6) is 0 Å². The van der Waals surface area contributed by atoms with Gasteiger partial charge in [0.15, 0.2) is 0 Å². The lowest BCUT2D eigenvalue weighted by Gasteiger charge is -2.19. The highest BCUT2D eigenvalue weighted by molar-refractivity contribution is 6.04. The summed E-state index contributed by atoms with van der Waals surface area (Å²) in [6, 6.07) is 16.0. The Morgan fingerprint density at radius 1 is 1.05 bits per heavy atom. The second-order valence-corrected chi connectivity index (χ2v) is 9.54. The van der Waals surface area contributed by atoms with Gasteiger partial charge < -0.3 is 10.6 Å². The molecule has 0 saturated heterocycles. The number of nitrogens with zero attached hydrogens (tertiary/aromatic N) is 6. The highest BCUT2D eigenvalue weighted by Crippen LogP contribution is 2.28. The van der Waals surface area contributed by atoms with Crippen LogP contribution in [0.2, 0.25) is 0 Å². The number of fused-ring (bicyclic) bond motifs is 1. The van der Waals surface area contributed by atoms with Crippen molar-refractivity contribution >= 4 is 22.5 Å². The summed E-state index contributed by atoms with van der Waals surface area (Å²) in [4.78, 5) is 12.9. The molecule has 2 atom stereocenters.